The standard InChI is InChI=1S/C19H37N5S/c1-20-18(21-9-12-23-11-6-10-22(2)13-14-23)24-15-16-25-19(17-24)7-4-3-5-8-19/h3-17H2,1-2H3,(H,20,21). The van der Waals surface area contributed by atoms with Crippen LogP contribution in [0.5, 0.6) is 0 Å². The first kappa shape index (κ1) is 19.3. The maximum atomic E-state index is 4.60. The largest absolute Gasteiger partial charge is 0.355 e. The quantitative estimate of drug-likeness (QED) is 0.609. The maximum absolute atomic E-state index is 4.60. The van der Waals surface area contributed by atoms with Gasteiger partial charge in [0.1, 0.15) is 0 Å². The van der Waals surface area contributed by atoms with Gasteiger partial charge in [0.15, 0.2) is 5.96 Å². The van der Waals surface area contributed by atoms with Crippen molar-refractivity contribution in [2.75, 3.05) is 72.2 Å². The number of aliphatic imine (C=N–C) groups is 1. The molecule has 6 heteroatoms. The fourth-order valence-corrected chi connectivity index (χ4v) is 6.08. The van der Waals surface area contributed by atoms with Gasteiger partial charge in [-0.3, -0.25) is 4.99 Å². The zero-order valence-corrected chi connectivity index (χ0v) is 17.1. The number of nitrogens with one attached hydrogen (secondary N) is 1. The van der Waals surface area contributed by atoms with Crippen LogP contribution in [0, 0.1) is 0 Å². The van der Waals surface area contributed by atoms with Crippen molar-refractivity contribution in [3.05, 3.63) is 0 Å². The first-order valence-electron chi connectivity index (χ1n) is 10.2. The molecule has 25 heavy (non-hydrogen) atoms. The van der Waals surface area contributed by atoms with E-state index < -0.39 is 0 Å². The lowest BCUT2D eigenvalue weighted by Gasteiger charge is -2.45. The summed E-state index contributed by atoms with van der Waals surface area (Å²) < 4.78 is 0.503. The molecule has 0 bridgehead atoms. The van der Waals surface area contributed by atoms with E-state index in [0.29, 0.717) is 4.75 Å². The predicted molar refractivity (Wildman–Crippen MR) is 110 cm³/mol. The van der Waals surface area contributed by atoms with Crippen LogP contribution in [0.25, 0.3) is 0 Å². The van der Waals surface area contributed by atoms with Crippen molar-refractivity contribution in [3.63, 3.8) is 0 Å². The Hall–Kier alpha value is -0.460. The number of likely N-dealkylation sites (N-methyl/N-ethyl adjacent to an activating group) is 1. The highest BCUT2D eigenvalue weighted by atomic mass is 32.2. The van der Waals surface area contributed by atoms with Crippen LogP contribution >= 0.6 is 11.8 Å². The van der Waals surface area contributed by atoms with E-state index in [2.05, 4.69) is 43.8 Å². The molecule has 1 aliphatic carbocycles. The van der Waals surface area contributed by atoms with E-state index in [9.17, 15) is 0 Å². The zero-order chi connectivity index (χ0) is 17.5. The third-order valence-electron chi connectivity index (χ3n) is 6.05. The minimum absolute atomic E-state index is 0.503. The van der Waals surface area contributed by atoms with Gasteiger partial charge < -0.3 is 20.0 Å². The Morgan fingerprint density at radius 3 is 2.68 bits per heavy atom. The molecule has 0 atom stereocenters. The molecule has 1 N–H and O–H groups in total. The molecule has 0 aromatic carbocycles. The van der Waals surface area contributed by atoms with Crippen molar-refractivity contribution in [1.29, 1.82) is 0 Å². The Balaban J connectivity index is 1.45. The molecule has 144 valence electrons. The third-order valence-corrected chi connectivity index (χ3v) is 7.58. The van der Waals surface area contributed by atoms with E-state index in [-0.39, 0.29) is 0 Å². The minimum atomic E-state index is 0.503. The average molecular weight is 368 g/mol. The van der Waals surface area contributed by atoms with Gasteiger partial charge in [-0.05, 0) is 39.4 Å². The van der Waals surface area contributed by atoms with Crippen LogP contribution in [-0.2, 0) is 0 Å². The van der Waals surface area contributed by atoms with Crippen LogP contribution in [0.2, 0.25) is 0 Å². The van der Waals surface area contributed by atoms with Gasteiger partial charge in [-0.2, -0.15) is 11.8 Å². The Bertz CT molecular complexity index is 430. The molecule has 0 amide bonds. The van der Waals surface area contributed by atoms with Gasteiger partial charge in [0, 0.05) is 56.8 Å². The number of hydrogen-bond donors (Lipinski definition) is 1. The molecule has 0 radical (unpaired) electrons. The molecule has 0 unspecified atom stereocenters. The smallest absolute Gasteiger partial charge is 0.193 e. The van der Waals surface area contributed by atoms with Crippen LogP contribution < -0.4 is 5.32 Å². The van der Waals surface area contributed by atoms with Gasteiger partial charge in [0.05, 0.1) is 0 Å². The fraction of sp³-hybridized carbons (Fsp3) is 0.947. The highest BCUT2D eigenvalue weighted by molar-refractivity contribution is 8.00. The van der Waals surface area contributed by atoms with Crippen LogP contribution in [0.3, 0.4) is 0 Å². The minimum Gasteiger partial charge on any atom is -0.355 e. The molecule has 3 rings (SSSR count). The molecule has 3 aliphatic rings. The van der Waals surface area contributed by atoms with Crippen LogP contribution in [0.1, 0.15) is 38.5 Å². The van der Waals surface area contributed by atoms with Gasteiger partial charge >= 0.3 is 0 Å². The highest BCUT2D eigenvalue weighted by Gasteiger charge is 2.38. The molecule has 2 aliphatic heterocycles. The van der Waals surface area contributed by atoms with E-state index in [1.807, 2.05) is 7.05 Å². The van der Waals surface area contributed by atoms with E-state index in [4.69, 9.17) is 0 Å². The van der Waals surface area contributed by atoms with Crippen LogP contribution in [-0.4, -0.2) is 97.6 Å². The summed E-state index contributed by atoms with van der Waals surface area (Å²) in [6.07, 6.45) is 8.34. The molecular formula is C19H37N5S. The summed E-state index contributed by atoms with van der Waals surface area (Å²) in [6, 6.07) is 0. The van der Waals surface area contributed by atoms with E-state index in [1.54, 1.807) is 0 Å². The van der Waals surface area contributed by atoms with Crippen LogP contribution in [0.15, 0.2) is 4.99 Å². The van der Waals surface area contributed by atoms with Crippen molar-refractivity contribution < 1.29 is 0 Å². The lowest BCUT2D eigenvalue weighted by atomic mass is 9.87. The number of hydrogen-bond acceptors (Lipinski definition) is 4. The monoisotopic (exact) mass is 367 g/mol. The molecule has 0 aromatic rings. The number of thioether (sulfide) groups is 1. The van der Waals surface area contributed by atoms with Gasteiger partial charge in [-0.15, -0.1) is 0 Å². The summed E-state index contributed by atoms with van der Waals surface area (Å²) in [4.78, 5) is 12.2. The second-order valence-corrected chi connectivity index (χ2v) is 9.55. The highest BCUT2D eigenvalue weighted by Crippen LogP contribution is 2.42. The van der Waals surface area contributed by atoms with Crippen LogP contribution in [0.4, 0.5) is 0 Å². The Labute approximate surface area is 158 Å². The summed E-state index contributed by atoms with van der Waals surface area (Å²) in [7, 11) is 4.18. The molecule has 5 nitrogen and oxygen atoms in total. The second-order valence-electron chi connectivity index (χ2n) is 7.99. The first-order valence-corrected chi connectivity index (χ1v) is 11.2. The summed E-state index contributed by atoms with van der Waals surface area (Å²) in [5, 5.41) is 3.65. The van der Waals surface area contributed by atoms with E-state index in [1.165, 1.54) is 77.0 Å². The molecule has 2 saturated heterocycles. The summed E-state index contributed by atoms with van der Waals surface area (Å²) in [5.41, 5.74) is 0. The Morgan fingerprint density at radius 1 is 1.04 bits per heavy atom. The maximum Gasteiger partial charge on any atom is 0.193 e. The Kier molecular flexibility index (Phi) is 7.31. The topological polar surface area (TPSA) is 34.1 Å². The lowest BCUT2D eigenvalue weighted by molar-refractivity contribution is 0.273. The van der Waals surface area contributed by atoms with E-state index >= 15 is 0 Å². The SMILES string of the molecule is CN=C(NCCN1CCCN(C)CC1)N1CCSC2(CCCCC2)C1. The van der Waals surface area contributed by atoms with Gasteiger partial charge in [-0.25, -0.2) is 0 Å². The van der Waals surface area contributed by atoms with Gasteiger partial charge in [-0.1, -0.05) is 19.3 Å². The molecule has 0 aromatic heterocycles. The molecule has 2 heterocycles. The van der Waals surface area contributed by atoms with Crippen molar-refractivity contribution >= 4 is 17.7 Å². The normalized spacial score (nSPS) is 26.6. The van der Waals surface area contributed by atoms with Crippen molar-refractivity contribution in [1.82, 2.24) is 20.0 Å². The van der Waals surface area contributed by atoms with Crippen molar-refractivity contribution in [2.24, 2.45) is 4.99 Å². The van der Waals surface area contributed by atoms with Crippen molar-refractivity contribution in [2.45, 2.75) is 43.3 Å². The summed E-state index contributed by atoms with van der Waals surface area (Å²) in [6.45, 7) is 9.31. The molecular weight excluding hydrogens is 330 g/mol. The average Bonchev–Trinajstić information content (AvgIpc) is 2.84. The Morgan fingerprint density at radius 2 is 1.88 bits per heavy atom. The number of rotatable bonds is 3. The summed E-state index contributed by atoms with van der Waals surface area (Å²) >= 11 is 2.23. The van der Waals surface area contributed by atoms with Crippen molar-refractivity contribution in [3.8, 4) is 0 Å². The lowest BCUT2D eigenvalue weighted by Crippen LogP contribution is -2.54. The second kappa shape index (κ2) is 9.47. The molecule has 1 spiro atoms. The van der Waals surface area contributed by atoms with E-state index in [0.717, 1.165) is 25.6 Å². The first-order chi connectivity index (χ1) is 12.2. The number of guanidine groups is 1. The fourth-order valence-electron chi connectivity index (χ4n) is 4.51. The molecule has 1 saturated carbocycles. The zero-order valence-electron chi connectivity index (χ0n) is 16.3. The number of nitrogens with zero attached hydrogens (tertiary/aromatic N) is 4. The predicted octanol–water partition coefficient (Wildman–Crippen LogP) is 1.95. The summed E-state index contributed by atoms with van der Waals surface area (Å²) in [5.74, 6) is 2.37. The van der Waals surface area contributed by atoms with Gasteiger partial charge in [0.2, 0.25) is 0 Å². The van der Waals surface area contributed by atoms with Gasteiger partial charge in [0.25, 0.3) is 0 Å². The molecule has 3 fully saturated rings. The third kappa shape index (κ3) is 5.51.